The zero-order chi connectivity index (χ0) is 33.3. The molecule has 1 aliphatic rings. The van der Waals surface area contributed by atoms with E-state index in [1.54, 1.807) is 12.1 Å². The van der Waals surface area contributed by atoms with Gasteiger partial charge in [0.2, 0.25) is 11.8 Å². The van der Waals surface area contributed by atoms with Gasteiger partial charge in [-0.2, -0.15) is 0 Å². The molecule has 248 valence electrons. The van der Waals surface area contributed by atoms with Crippen LogP contribution in [-0.4, -0.2) is 32.6 Å². The van der Waals surface area contributed by atoms with Crippen LogP contribution >= 0.6 is 0 Å². The number of nitrogens with one attached hydrogen (secondary N) is 2. The second-order valence-electron chi connectivity index (χ2n) is 12.1. The van der Waals surface area contributed by atoms with Crippen LogP contribution in [0.3, 0.4) is 0 Å². The number of aromatic nitrogens is 2. The highest BCUT2D eigenvalue weighted by Crippen LogP contribution is 2.38. The number of nitrogens with two attached hydrogens (primary N) is 1. The molecular formula is C38H41N5O5. The van der Waals surface area contributed by atoms with Gasteiger partial charge >= 0.3 is 0 Å². The molecule has 10 nitrogen and oxygen atoms in total. The lowest BCUT2D eigenvalue weighted by molar-refractivity contribution is -0.252. The molecule has 1 fully saturated rings. The molecule has 0 radical (unpaired) electrons. The molecular weight excluding hydrogens is 606 g/mol. The Morgan fingerprint density at radius 2 is 1.52 bits per heavy atom. The molecule has 2 heterocycles. The van der Waals surface area contributed by atoms with Gasteiger partial charge in [-0.3, -0.25) is 9.59 Å². The van der Waals surface area contributed by atoms with Gasteiger partial charge in [0.25, 0.3) is 0 Å². The standard InChI is InChI=1S/C38H41N5O5/c39-31-7-1-2-8-32(31)42-37(46)12-6-5-11-36(45)40-22-26-13-19-29(20-14-26)38-47-30(23-43-25-41-33-9-3-4-10-34(33)43)21-35(48-38)28-17-15-27(24-44)16-18-28/h1-4,7-10,13-20,25,30,35,38,44H,5-6,11-12,21-24,39H2,(H,40,45)(H,42,46). The van der Waals surface area contributed by atoms with Crippen LogP contribution in [0, 0.1) is 0 Å². The summed E-state index contributed by atoms with van der Waals surface area (Å²) < 4.78 is 15.1. The Bertz CT molecular complexity index is 1820. The molecule has 3 unspecified atom stereocenters. The number of amides is 2. The van der Waals surface area contributed by atoms with Crippen molar-refractivity contribution in [1.82, 2.24) is 14.9 Å². The fourth-order valence-corrected chi connectivity index (χ4v) is 5.88. The summed E-state index contributed by atoms with van der Waals surface area (Å²) in [5, 5.41) is 15.3. The number of carbonyl (C=O) groups excluding carboxylic acids is 2. The third-order valence-electron chi connectivity index (χ3n) is 8.58. The minimum Gasteiger partial charge on any atom is -0.397 e. The largest absolute Gasteiger partial charge is 0.397 e. The van der Waals surface area contributed by atoms with Crippen LogP contribution in [0.25, 0.3) is 11.0 Å². The zero-order valence-electron chi connectivity index (χ0n) is 26.8. The summed E-state index contributed by atoms with van der Waals surface area (Å²) in [6.45, 7) is 1.02. The number of para-hydroxylation sites is 4. The first-order chi connectivity index (χ1) is 23.4. The number of anilines is 2. The number of carbonyl (C=O) groups is 2. The SMILES string of the molecule is Nc1ccccc1NC(=O)CCCCC(=O)NCc1ccc(C2OC(Cn3cnc4ccccc43)CC(c3ccc(CO)cc3)O2)cc1. The molecule has 5 N–H and O–H groups in total. The van der Waals surface area contributed by atoms with E-state index in [0.29, 0.717) is 56.6 Å². The number of unbranched alkanes of at least 4 members (excludes halogenated alkanes) is 1. The number of aliphatic hydroxyl groups excluding tert-OH is 1. The van der Waals surface area contributed by atoms with Crippen molar-refractivity contribution < 1.29 is 24.2 Å². The molecule has 3 atom stereocenters. The fraction of sp³-hybridized carbons (Fsp3) is 0.289. The van der Waals surface area contributed by atoms with Crippen molar-refractivity contribution in [2.45, 2.75) is 70.3 Å². The van der Waals surface area contributed by atoms with Crippen LogP contribution in [0.1, 0.15) is 66.8 Å². The van der Waals surface area contributed by atoms with Gasteiger partial charge in [0, 0.05) is 31.4 Å². The van der Waals surface area contributed by atoms with E-state index in [-0.39, 0.29) is 30.6 Å². The number of nitrogen functional groups attached to an aromatic ring is 1. The minimum atomic E-state index is -0.583. The van der Waals surface area contributed by atoms with Crippen molar-refractivity contribution in [2.75, 3.05) is 11.1 Å². The monoisotopic (exact) mass is 647 g/mol. The van der Waals surface area contributed by atoms with E-state index in [4.69, 9.17) is 15.2 Å². The Morgan fingerprint density at radius 3 is 2.29 bits per heavy atom. The Kier molecular flexibility index (Phi) is 10.8. The molecule has 48 heavy (non-hydrogen) atoms. The third-order valence-corrected chi connectivity index (χ3v) is 8.58. The normalized spacial score (nSPS) is 17.6. The first kappa shape index (κ1) is 32.9. The molecule has 0 aliphatic carbocycles. The van der Waals surface area contributed by atoms with Crippen LogP contribution in [0.5, 0.6) is 0 Å². The van der Waals surface area contributed by atoms with Crippen molar-refractivity contribution in [3.05, 3.63) is 126 Å². The summed E-state index contributed by atoms with van der Waals surface area (Å²) in [6.07, 6.45) is 3.48. The molecule has 1 saturated heterocycles. The van der Waals surface area contributed by atoms with Crippen LogP contribution in [0.4, 0.5) is 11.4 Å². The van der Waals surface area contributed by atoms with Crippen LogP contribution in [-0.2, 0) is 38.8 Å². The molecule has 6 rings (SSSR count). The lowest BCUT2D eigenvalue weighted by Crippen LogP contribution is -2.32. The Balaban J connectivity index is 1.02. The fourth-order valence-electron chi connectivity index (χ4n) is 5.88. The molecule has 1 aromatic heterocycles. The first-order valence-corrected chi connectivity index (χ1v) is 16.4. The number of ether oxygens (including phenoxy) is 2. The molecule has 0 saturated carbocycles. The van der Waals surface area contributed by atoms with E-state index < -0.39 is 6.29 Å². The maximum atomic E-state index is 12.5. The average Bonchev–Trinajstić information content (AvgIpc) is 3.52. The van der Waals surface area contributed by atoms with Gasteiger partial charge in [-0.05, 0) is 53.8 Å². The van der Waals surface area contributed by atoms with Gasteiger partial charge in [0.05, 0.1) is 54.1 Å². The molecule has 0 spiro atoms. The summed E-state index contributed by atoms with van der Waals surface area (Å²) in [6, 6.07) is 30.9. The van der Waals surface area contributed by atoms with E-state index in [1.165, 1.54) is 0 Å². The van der Waals surface area contributed by atoms with Crippen molar-refractivity contribution in [2.24, 2.45) is 0 Å². The van der Waals surface area contributed by atoms with Gasteiger partial charge in [-0.1, -0.05) is 72.8 Å². The summed E-state index contributed by atoms with van der Waals surface area (Å²) >= 11 is 0. The highest BCUT2D eigenvalue weighted by Gasteiger charge is 2.32. The number of hydrogen-bond donors (Lipinski definition) is 4. The quantitative estimate of drug-likeness (QED) is 0.0885. The van der Waals surface area contributed by atoms with E-state index in [0.717, 1.165) is 33.3 Å². The summed E-state index contributed by atoms with van der Waals surface area (Å²) in [7, 11) is 0. The number of rotatable bonds is 13. The molecule has 5 aromatic rings. The lowest BCUT2D eigenvalue weighted by atomic mass is 9.99. The van der Waals surface area contributed by atoms with E-state index in [1.807, 2.05) is 85.2 Å². The average molecular weight is 648 g/mol. The highest BCUT2D eigenvalue weighted by atomic mass is 16.7. The second kappa shape index (κ2) is 15.7. The summed E-state index contributed by atoms with van der Waals surface area (Å²) in [5.41, 5.74) is 12.7. The van der Waals surface area contributed by atoms with Gasteiger partial charge in [-0.25, -0.2) is 4.98 Å². The number of benzene rings is 4. The molecule has 0 bridgehead atoms. The second-order valence-corrected chi connectivity index (χ2v) is 12.1. The van der Waals surface area contributed by atoms with Gasteiger partial charge in [0.1, 0.15) is 0 Å². The maximum Gasteiger partial charge on any atom is 0.224 e. The van der Waals surface area contributed by atoms with E-state index in [2.05, 4.69) is 26.3 Å². The van der Waals surface area contributed by atoms with Crippen molar-refractivity contribution in [3.8, 4) is 0 Å². The van der Waals surface area contributed by atoms with Crippen LogP contribution in [0.15, 0.2) is 103 Å². The predicted molar refractivity (Wildman–Crippen MR) is 184 cm³/mol. The Labute approximate surface area is 279 Å². The number of hydrogen-bond acceptors (Lipinski definition) is 7. The van der Waals surface area contributed by atoms with Gasteiger partial charge in [0.15, 0.2) is 6.29 Å². The smallest absolute Gasteiger partial charge is 0.224 e. The number of imidazole rings is 1. The Hall–Kier alpha value is -5.03. The molecule has 10 heteroatoms. The molecule has 1 aliphatic heterocycles. The summed E-state index contributed by atoms with van der Waals surface area (Å²) in [4.78, 5) is 29.2. The predicted octanol–water partition coefficient (Wildman–Crippen LogP) is 6.17. The summed E-state index contributed by atoms with van der Waals surface area (Å²) in [5.74, 6) is -0.178. The topological polar surface area (TPSA) is 141 Å². The van der Waals surface area contributed by atoms with Crippen molar-refractivity contribution in [1.29, 1.82) is 0 Å². The number of fused-ring (bicyclic) bond motifs is 1. The Morgan fingerprint density at radius 1 is 0.833 bits per heavy atom. The van der Waals surface area contributed by atoms with Crippen molar-refractivity contribution >= 4 is 34.2 Å². The maximum absolute atomic E-state index is 12.5. The van der Waals surface area contributed by atoms with Crippen LogP contribution in [0.2, 0.25) is 0 Å². The number of nitrogens with zero attached hydrogens (tertiary/aromatic N) is 2. The first-order valence-electron chi connectivity index (χ1n) is 16.4. The highest BCUT2D eigenvalue weighted by molar-refractivity contribution is 5.93. The van der Waals surface area contributed by atoms with E-state index in [9.17, 15) is 14.7 Å². The number of aliphatic hydroxyl groups is 1. The minimum absolute atomic E-state index is 0.00908. The van der Waals surface area contributed by atoms with Crippen molar-refractivity contribution in [3.63, 3.8) is 0 Å². The van der Waals surface area contributed by atoms with Gasteiger partial charge in [-0.15, -0.1) is 0 Å². The zero-order valence-corrected chi connectivity index (χ0v) is 26.8. The third kappa shape index (κ3) is 8.46. The van der Waals surface area contributed by atoms with E-state index >= 15 is 0 Å². The molecule has 4 aromatic carbocycles. The van der Waals surface area contributed by atoms with Gasteiger partial charge < -0.3 is 35.5 Å². The van der Waals surface area contributed by atoms with Crippen LogP contribution < -0.4 is 16.4 Å². The molecule has 2 amide bonds. The lowest BCUT2D eigenvalue weighted by Gasteiger charge is -2.36.